The number of halogens is 1. The van der Waals surface area contributed by atoms with Crippen molar-refractivity contribution in [2.75, 3.05) is 18.6 Å². The van der Waals surface area contributed by atoms with Crippen molar-refractivity contribution in [1.29, 1.82) is 0 Å². The van der Waals surface area contributed by atoms with Crippen LogP contribution in [0.2, 0.25) is 0 Å². The molecule has 20 heavy (non-hydrogen) atoms. The molecule has 2 N–H and O–H groups in total. The number of hydrogen-bond acceptors (Lipinski definition) is 4. The Balaban J connectivity index is 2.89. The van der Waals surface area contributed by atoms with E-state index in [9.17, 15) is 12.8 Å². The minimum atomic E-state index is -3.61. The van der Waals surface area contributed by atoms with E-state index in [1.807, 2.05) is 13.8 Å². The van der Waals surface area contributed by atoms with Crippen LogP contribution in [0.5, 0.6) is 0 Å². The van der Waals surface area contributed by atoms with E-state index in [1.54, 1.807) is 18.8 Å². The summed E-state index contributed by atoms with van der Waals surface area (Å²) in [4.78, 5) is 0.0949. The summed E-state index contributed by atoms with van der Waals surface area (Å²) in [5.41, 5.74) is 0.339. The summed E-state index contributed by atoms with van der Waals surface area (Å²) < 4.78 is 40.5. The Bertz CT molecular complexity index is 535. The fourth-order valence-corrected chi connectivity index (χ4v) is 3.78. The van der Waals surface area contributed by atoms with E-state index in [2.05, 4.69) is 10.0 Å². The third-order valence-corrected chi connectivity index (χ3v) is 5.35. The number of hydrogen-bond donors (Lipinski definition) is 2. The molecule has 0 aliphatic carbocycles. The summed E-state index contributed by atoms with van der Waals surface area (Å²) in [6.07, 6.45) is 0. The van der Waals surface area contributed by atoms with Gasteiger partial charge in [-0.3, -0.25) is 0 Å². The first-order valence-electron chi connectivity index (χ1n) is 6.43. The van der Waals surface area contributed by atoms with Gasteiger partial charge in [0.05, 0.1) is 4.90 Å². The Morgan fingerprint density at radius 1 is 1.40 bits per heavy atom. The molecule has 0 spiro atoms. The Hall–Kier alpha value is -0.630. The number of thioether (sulfide) groups is 1. The van der Waals surface area contributed by atoms with Crippen LogP contribution in [0.25, 0.3) is 0 Å². The Morgan fingerprint density at radius 3 is 2.70 bits per heavy atom. The zero-order chi connectivity index (χ0) is 15.2. The molecule has 0 fully saturated rings. The molecule has 0 heterocycles. The van der Waals surface area contributed by atoms with Gasteiger partial charge < -0.3 is 5.32 Å². The van der Waals surface area contributed by atoms with E-state index in [1.165, 1.54) is 18.2 Å². The lowest BCUT2D eigenvalue weighted by molar-refractivity contribution is 0.568. The first-order chi connectivity index (χ1) is 9.40. The van der Waals surface area contributed by atoms with E-state index in [-0.39, 0.29) is 17.5 Å². The molecule has 7 heteroatoms. The van der Waals surface area contributed by atoms with Crippen molar-refractivity contribution < 1.29 is 12.8 Å². The Labute approximate surface area is 124 Å². The molecule has 114 valence electrons. The second-order valence-corrected chi connectivity index (χ2v) is 7.50. The first-order valence-corrected chi connectivity index (χ1v) is 9.07. The average molecular weight is 320 g/mol. The van der Waals surface area contributed by atoms with Gasteiger partial charge in [-0.15, -0.1) is 0 Å². The lowest BCUT2D eigenvalue weighted by atomic mass is 10.2. The lowest BCUT2D eigenvalue weighted by Crippen LogP contribution is -2.34. The molecule has 0 aromatic heterocycles. The van der Waals surface area contributed by atoms with Crippen LogP contribution in [0.4, 0.5) is 4.39 Å². The molecular formula is C13H21FN2O2S2. The molecule has 0 aliphatic rings. The molecular weight excluding hydrogens is 299 g/mol. The van der Waals surface area contributed by atoms with Crippen molar-refractivity contribution in [2.24, 2.45) is 0 Å². The molecule has 4 nitrogen and oxygen atoms in total. The van der Waals surface area contributed by atoms with Crippen molar-refractivity contribution in [3.8, 4) is 0 Å². The van der Waals surface area contributed by atoms with E-state index in [0.29, 0.717) is 11.3 Å². The second-order valence-electron chi connectivity index (χ2n) is 4.47. The maximum absolute atomic E-state index is 13.5. The van der Waals surface area contributed by atoms with Gasteiger partial charge in [-0.25, -0.2) is 17.5 Å². The molecule has 1 aromatic carbocycles. The monoisotopic (exact) mass is 320 g/mol. The average Bonchev–Trinajstić information content (AvgIpc) is 2.38. The van der Waals surface area contributed by atoms with Crippen molar-refractivity contribution >= 4 is 21.8 Å². The van der Waals surface area contributed by atoms with E-state index in [0.717, 1.165) is 5.75 Å². The molecule has 1 unspecified atom stereocenters. The smallest absolute Gasteiger partial charge is 0.240 e. The summed E-state index contributed by atoms with van der Waals surface area (Å²) in [6, 6.07) is 3.68. The van der Waals surface area contributed by atoms with Gasteiger partial charge in [0.15, 0.2) is 0 Å². The summed E-state index contributed by atoms with van der Waals surface area (Å²) >= 11 is 1.67. The van der Waals surface area contributed by atoms with Gasteiger partial charge in [-0.1, -0.05) is 6.92 Å². The van der Waals surface area contributed by atoms with Crippen LogP contribution >= 0.6 is 11.8 Å². The maximum atomic E-state index is 13.5. The number of sulfonamides is 1. The minimum absolute atomic E-state index is 0.0949. The van der Waals surface area contributed by atoms with Crippen molar-refractivity contribution in [1.82, 2.24) is 10.0 Å². The highest BCUT2D eigenvalue weighted by Gasteiger charge is 2.18. The summed E-state index contributed by atoms with van der Waals surface area (Å²) in [5.74, 6) is 1.24. The highest BCUT2D eigenvalue weighted by molar-refractivity contribution is 7.99. The maximum Gasteiger partial charge on any atom is 0.240 e. The van der Waals surface area contributed by atoms with E-state index < -0.39 is 15.8 Å². The third kappa shape index (κ3) is 5.05. The quantitative estimate of drug-likeness (QED) is 0.769. The van der Waals surface area contributed by atoms with E-state index in [4.69, 9.17) is 0 Å². The van der Waals surface area contributed by atoms with Gasteiger partial charge in [0.25, 0.3) is 0 Å². The molecule has 1 atom stereocenters. The Morgan fingerprint density at radius 2 is 2.10 bits per heavy atom. The van der Waals surface area contributed by atoms with Gasteiger partial charge in [0.2, 0.25) is 10.0 Å². The van der Waals surface area contributed by atoms with Crippen molar-refractivity contribution in [2.45, 2.75) is 31.3 Å². The molecule has 0 amide bonds. The molecule has 0 aliphatic heterocycles. The summed E-state index contributed by atoms with van der Waals surface area (Å²) in [7, 11) is -1.92. The molecule has 0 saturated carbocycles. The van der Waals surface area contributed by atoms with Gasteiger partial charge in [-0.05, 0) is 37.9 Å². The van der Waals surface area contributed by atoms with Gasteiger partial charge >= 0.3 is 0 Å². The molecule has 0 saturated heterocycles. The number of nitrogens with one attached hydrogen (secondary N) is 2. The summed E-state index contributed by atoms with van der Waals surface area (Å²) in [6.45, 7) is 4.13. The van der Waals surface area contributed by atoms with Crippen LogP contribution in [-0.4, -0.2) is 33.0 Å². The standard InChI is InChI=1S/C13H21FN2O2S2/c1-4-19-9-10(2)16-20(17,18)12-5-6-13(14)11(7-12)8-15-3/h5-7,10,15-16H,4,8-9H2,1-3H3. The molecule has 0 radical (unpaired) electrons. The number of benzene rings is 1. The largest absolute Gasteiger partial charge is 0.316 e. The predicted molar refractivity (Wildman–Crippen MR) is 81.9 cm³/mol. The molecule has 1 rings (SSSR count). The molecule has 0 bridgehead atoms. The van der Waals surface area contributed by atoms with Crippen LogP contribution in [0, 0.1) is 5.82 Å². The first kappa shape index (κ1) is 17.4. The van der Waals surface area contributed by atoms with Crippen LogP contribution < -0.4 is 10.0 Å². The topological polar surface area (TPSA) is 58.2 Å². The van der Waals surface area contributed by atoms with Crippen LogP contribution in [0.15, 0.2) is 23.1 Å². The van der Waals surface area contributed by atoms with Gasteiger partial charge in [0.1, 0.15) is 5.82 Å². The van der Waals surface area contributed by atoms with Crippen LogP contribution in [0.1, 0.15) is 19.4 Å². The van der Waals surface area contributed by atoms with Crippen molar-refractivity contribution in [3.05, 3.63) is 29.6 Å². The fourth-order valence-electron chi connectivity index (χ4n) is 1.71. The van der Waals surface area contributed by atoms with Crippen molar-refractivity contribution in [3.63, 3.8) is 0 Å². The Kier molecular flexibility index (Phi) is 6.94. The number of rotatable bonds is 8. The van der Waals surface area contributed by atoms with Gasteiger partial charge in [-0.2, -0.15) is 11.8 Å². The zero-order valence-electron chi connectivity index (χ0n) is 11.9. The zero-order valence-corrected chi connectivity index (χ0v) is 13.6. The highest BCUT2D eigenvalue weighted by Crippen LogP contribution is 2.16. The SMILES string of the molecule is CCSCC(C)NS(=O)(=O)c1ccc(F)c(CNC)c1. The predicted octanol–water partition coefficient (Wildman–Crippen LogP) is 1.97. The minimum Gasteiger partial charge on any atom is -0.316 e. The van der Waals surface area contributed by atoms with Gasteiger partial charge in [0, 0.05) is 23.9 Å². The lowest BCUT2D eigenvalue weighted by Gasteiger charge is -2.14. The van der Waals surface area contributed by atoms with Crippen LogP contribution in [0.3, 0.4) is 0 Å². The highest BCUT2D eigenvalue weighted by atomic mass is 32.2. The normalized spacial score (nSPS) is 13.4. The molecule has 1 aromatic rings. The second kappa shape index (κ2) is 7.97. The third-order valence-electron chi connectivity index (χ3n) is 2.62. The fraction of sp³-hybridized carbons (Fsp3) is 0.538. The van der Waals surface area contributed by atoms with Crippen LogP contribution in [-0.2, 0) is 16.6 Å². The van der Waals surface area contributed by atoms with E-state index >= 15 is 0 Å². The summed E-state index contributed by atoms with van der Waals surface area (Å²) in [5, 5.41) is 2.81.